The summed E-state index contributed by atoms with van der Waals surface area (Å²) in [5, 5.41) is 12.6. The van der Waals surface area contributed by atoms with E-state index in [1.807, 2.05) is 44.2 Å². The SMILES string of the molecule is CCc1nnc(NC(=O)C(C)Sc2nc3sc(C)c(-c4ccccc4)c3c(=O)[nH]2)s1. The molecular formula is C20H19N5O2S3. The molecular weight excluding hydrogens is 438 g/mol. The van der Waals surface area contributed by atoms with E-state index in [1.54, 1.807) is 6.92 Å². The summed E-state index contributed by atoms with van der Waals surface area (Å²) in [4.78, 5) is 34.5. The van der Waals surface area contributed by atoms with Gasteiger partial charge in [0, 0.05) is 10.4 Å². The lowest BCUT2D eigenvalue weighted by atomic mass is 10.0. The molecule has 0 saturated heterocycles. The number of fused-ring (bicyclic) bond motifs is 1. The van der Waals surface area contributed by atoms with E-state index < -0.39 is 5.25 Å². The molecule has 7 nitrogen and oxygen atoms in total. The van der Waals surface area contributed by atoms with Gasteiger partial charge in [-0.15, -0.1) is 21.5 Å². The normalized spacial score (nSPS) is 12.2. The third-order valence-electron chi connectivity index (χ3n) is 4.44. The molecule has 4 rings (SSSR count). The molecule has 3 heterocycles. The molecule has 0 aliphatic rings. The van der Waals surface area contributed by atoms with Crippen LogP contribution in [0.3, 0.4) is 0 Å². The van der Waals surface area contributed by atoms with E-state index in [4.69, 9.17) is 0 Å². The third kappa shape index (κ3) is 4.16. The summed E-state index contributed by atoms with van der Waals surface area (Å²) in [6.45, 7) is 5.74. The molecule has 0 fully saturated rings. The van der Waals surface area contributed by atoms with Crippen LogP contribution in [-0.4, -0.2) is 31.3 Å². The van der Waals surface area contributed by atoms with Gasteiger partial charge >= 0.3 is 0 Å². The summed E-state index contributed by atoms with van der Waals surface area (Å²) in [5.41, 5.74) is 1.70. The summed E-state index contributed by atoms with van der Waals surface area (Å²) in [6, 6.07) is 9.82. The molecule has 30 heavy (non-hydrogen) atoms. The largest absolute Gasteiger partial charge is 0.301 e. The molecule has 3 aromatic heterocycles. The number of thiophene rings is 1. The summed E-state index contributed by atoms with van der Waals surface area (Å²) < 4.78 is 0. The van der Waals surface area contributed by atoms with Crippen LogP contribution in [0.4, 0.5) is 5.13 Å². The van der Waals surface area contributed by atoms with Crippen molar-refractivity contribution in [2.45, 2.75) is 37.6 Å². The molecule has 1 amide bonds. The van der Waals surface area contributed by atoms with E-state index in [-0.39, 0.29) is 11.5 Å². The molecule has 0 spiro atoms. The number of aryl methyl sites for hydroxylation is 2. The van der Waals surface area contributed by atoms with E-state index in [0.29, 0.717) is 20.5 Å². The third-order valence-corrected chi connectivity index (χ3v) is 7.40. The first-order valence-corrected chi connectivity index (χ1v) is 11.9. The van der Waals surface area contributed by atoms with Crippen molar-refractivity contribution in [2.24, 2.45) is 0 Å². The number of aromatic amines is 1. The first-order valence-electron chi connectivity index (χ1n) is 9.35. The maximum atomic E-state index is 12.9. The topological polar surface area (TPSA) is 101 Å². The van der Waals surface area contributed by atoms with Gasteiger partial charge in [-0.25, -0.2) is 4.98 Å². The number of H-pyrrole nitrogens is 1. The Balaban J connectivity index is 1.58. The highest BCUT2D eigenvalue weighted by atomic mass is 32.2. The van der Waals surface area contributed by atoms with Crippen molar-refractivity contribution in [2.75, 3.05) is 5.32 Å². The number of carbonyl (C=O) groups excluding carboxylic acids is 1. The van der Waals surface area contributed by atoms with Crippen LogP contribution >= 0.6 is 34.4 Å². The Morgan fingerprint density at radius 2 is 2.00 bits per heavy atom. The van der Waals surface area contributed by atoms with Crippen molar-refractivity contribution in [3.8, 4) is 11.1 Å². The van der Waals surface area contributed by atoms with E-state index in [9.17, 15) is 9.59 Å². The summed E-state index contributed by atoms with van der Waals surface area (Å²) in [6.07, 6.45) is 0.772. The summed E-state index contributed by atoms with van der Waals surface area (Å²) in [5.74, 6) is -0.214. The standard InChI is InChI=1S/C20H19N5O2S3/c1-4-13-24-25-20(30-13)21-16(26)11(3)29-19-22-17(27)15-14(10(2)28-18(15)23-19)12-8-6-5-7-9-12/h5-9,11H,4H2,1-3H3,(H,21,25,26)(H,22,23,27). The second-order valence-electron chi connectivity index (χ2n) is 6.55. The first-order chi connectivity index (χ1) is 14.5. The van der Waals surface area contributed by atoms with Gasteiger partial charge in [-0.3, -0.25) is 14.9 Å². The van der Waals surface area contributed by atoms with Crippen molar-refractivity contribution in [1.82, 2.24) is 20.2 Å². The maximum absolute atomic E-state index is 12.9. The molecule has 154 valence electrons. The molecule has 0 aliphatic carbocycles. The van der Waals surface area contributed by atoms with Crippen LogP contribution in [0.5, 0.6) is 0 Å². The zero-order valence-corrected chi connectivity index (χ0v) is 19.0. The fraction of sp³-hybridized carbons (Fsp3) is 0.250. The van der Waals surface area contributed by atoms with E-state index in [1.165, 1.54) is 34.4 Å². The predicted molar refractivity (Wildman–Crippen MR) is 124 cm³/mol. The van der Waals surface area contributed by atoms with Gasteiger partial charge in [-0.2, -0.15) is 0 Å². The Kier molecular flexibility index (Phi) is 5.98. The number of rotatable bonds is 6. The number of carbonyl (C=O) groups is 1. The van der Waals surface area contributed by atoms with Gasteiger partial charge in [0.2, 0.25) is 11.0 Å². The van der Waals surface area contributed by atoms with Gasteiger partial charge < -0.3 is 4.98 Å². The van der Waals surface area contributed by atoms with Crippen molar-refractivity contribution in [3.05, 3.63) is 50.6 Å². The number of aromatic nitrogens is 4. The molecule has 1 aromatic carbocycles. The average molecular weight is 458 g/mol. The van der Waals surface area contributed by atoms with Crippen LogP contribution in [0.1, 0.15) is 23.7 Å². The molecule has 0 bridgehead atoms. The molecule has 1 atom stereocenters. The molecule has 0 radical (unpaired) electrons. The Morgan fingerprint density at radius 1 is 1.23 bits per heavy atom. The fourth-order valence-electron chi connectivity index (χ4n) is 2.98. The van der Waals surface area contributed by atoms with Crippen molar-refractivity contribution in [1.29, 1.82) is 0 Å². The lowest BCUT2D eigenvalue weighted by Crippen LogP contribution is -2.23. The van der Waals surface area contributed by atoms with Gasteiger partial charge in [-0.1, -0.05) is 60.4 Å². The van der Waals surface area contributed by atoms with Crippen LogP contribution < -0.4 is 10.9 Å². The number of anilines is 1. The van der Waals surface area contributed by atoms with Crippen molar-refractivity contribution >= 4 is 55.7 Å². The number of nitrogens with one attached hydrogen (secondary N) is 2. The van der Waals surface area contributed by atoms with E-state index in [0.717, 1.165) is 27.4 Å². The minimum atomic E-state index is -0.464. The Hall–Kier alpha value is -2.56. The molecule has 0 aliphatic heterocycles. The molecule has 0 saturated carbocycles. The first kappa shape index (κ1) is 20.7. The number of nitrogens with zero attached hydrogens (tertiary/aromatic N) is 3. The molecule has 2 N–H and O–H groups in total. The van der Waals surface area contributed by atoms with Crippen LogP contribution in [0.15, 0.2) is 40.3 Å². The summed E-state index contributed by atoms with van der Waals surface area (Å²) >= 11 is 4.05. The van der Waals surface area contributed by atoms with Crippen molar-refractivity contribution in [3.63, 3.8) is 0 Å². The fourth-order valence-corrected chi connectivity index (χ4v) is 5.56. The number of hydrogen-bond donors (Lipinski definition) is 2. The van der Waals surface area contributed by atoms with Crippen LogP contribution in [0.25, 0.3) is 21.3 Å². The lowest BCUT2D eigenvalue weighted by molar-refractivity contribution is -0.115. The van der Waals surface area contributed by atoms with Crippen LogP contribution in [0.2, 0.25) is 0 Å². The highest BCUT2D eigenvalue weighted by Gasteiger charge is 2.20. The van der Waals surface area contributed by atoms with Gasteiger partial charge in [0.1, 0.15) is 9.84 Å². The Morgan fingerprint density at radius 3 is 2.70 bits per heavy atom. The highest BCUT2D eigenvalue weighted by molar-refractivity contribution is 8.00. The number of amides is 1. The van der Waals surface area contributed by atoms with Gasteiger partial charge in [-0.05, 0) is 25.8 Å². The smallest absolute Gasteiger partial charge is 0.260 e. The van der Waals surface area contributed by atoms with Crippen molar-refractivity contribution < 1.29 is 4.79 Å². The number of hydrogen-bond acceptors (Lipinski definition) is 8. The Labute approximate surface area is 185 Å². The zero-order valence-electron chi connectivity index (χ0n) is 16.6. The number of thioether (sulfide) groups is 1. The second-order valence-corrected chi connectivity index (χ2v) is 10.1. The maximum Gasteiger partial charge on any atom is 0.260 e. The number of benzene rings is 1. The van der Waals surface area contributed by atoms with Crippen LogP contribution in [0, 0.1) is 6.92 Å². The average Bonchev–Trinajstić information content (AvgIpc) is 3.32. The van der Waals surface area contributed by atoms with Gasteiger partial charge in [0.05, 0.1) is 10.6 Å². The quantitative estimate of drug-likeness (QED) is 0.327. The highest BCUT2D eigenvalue weighted by Crippen LogP contribution is 2.36. The molecule has 4 aromatic rings. The monoisotopic (exact) mass is 457 g/mol. The van der Waals surface area contributed by atoms with E-state index >= 15 is 0 Å². The second kappa shape index (κ2) is 8.66. The lowest BCUT2D eigenvalue weighted by Gasteiger charge is -2.09. The summed E-state index contributed by atoms with van der Waals surface area (Å²) in [7, 11) is 0. The molecule has 10 heteroatoms. The van der Waals surface area contributed by atoms with Crippen LogP contribution in [-0.2, 0) is 11.2 Å². The van der Waals surface area contributed by atoms with Gasteiger partial charge in [0.15, 0.2) is 5.16 Å². The zero-order chi connectivity index (χ0) is 21.3. The predicted octanol–water partition coefficient (Wildman–Crippen LogP) is 4.49. The molecule has 1 unspecified atom stereocenters. The van der Waals surface area contributed by atoms with Gasteiger partial charge in [0.25, 0.3) is 5.56 Å². The Bertz CT molecular complexity index is 1260. The minimum Gasteiger partial charge on any atom is -0.301 e. The van der Waals surface area contributed by atoms with E-state index in [2.05, 4.69) is 25.5 Å². The minimum absolute atomic E-state index is 0.199.